The summed E-state index contributed by atoms with van der Waals surface area (Å²) in [6.07, 6.45) is 3.17. The number of benzene rings is 1. The average Bonchev–Trinajstić information content (AvgIpc) is 2.42. The van der Waals surface area contributed by atoms with E-state index in [4.69, 9.17) is 10.5 Å². The van der Waals surface area contributed by atoms with Crippen LogP contribution in [0.4, 0.5) is 5.69 Å². The standard InChI is InChI=1S/C14H20N2O3/c1-19-13-8-9(6-7-10(13)15)14(18)16-11-4-2-3-5-12(11)17/h6-8,11-12,17H,2-5,15H2,1H3,(H,16,18)/t11-,12-/m0/s1. The molecule has 1 aliphatic rings. The van der Waals surface area contributed by atoms with Crippen molar-refractivity contribution < 1.29 is 14.6 Å². The van der Waals surface area contributed by atoms with Crippen molar-refractivity contribution >= 4 is 11.6 Å². The lowest BCUT2D eigenvalue weighted by molar-refractivity contribution is 0.0717. The smallest absolute Gasteiger partial charge is 0.251 e. The summed E-state index contributed by atoms with van der Waals surface area (Å²) < 4.78 is 5.09. The topological polar surface area (TPSA) is 84.6 Å². The molecule has 1 aromatic rings. The Morgan fingerprint density at radius 2 is 2.16 bits per heavy atom. The first kappa shape index (κ1) is 13.7. The van der Waals surface area contributed by atoms with Crippen molar-refractivity contribution in [3.63, 3.8) is 0 Å². The summed E-state index contributed by atoms with van der Waals surface area (Å²) in [5, 5.41) is 12.7. The van der Waals surface area contributed by atoms with E-state index in [1.807, 2.05) is 0 Å². The van der Waals surface area contributed by atoms with Gasteiger partial charge in [-0.25, -0.2) is 0 Å². The molecule has 1 aromatic carbocycles. The Morgan fingerprint density at radius 3 is 2.84 bits per heavy atom. The molecule has 0 radical (unpaired) electrons. The molecule has 2 rings (SSSR count). The second-order valence-electron chi connectivity index (χ2n) is 4.89. The first-order valence-electron chi connectivity index (χ1n) is 6.54. The highest BCUT2D eigenvalue weighted by molar-refractivity contribution is 5.95. The third-order valence-electron chi connectivity index (χ3n) is 3.54. The van der Waals surface area contributed by atoms with E-state index in [9.17, 15) is 9.90 Å². The molecule has 4 N–H and O–H groups in total. The third kappa shape index (κ3) is 3.17. The molecule has 104 valence electrons. The molecule has 19 heavy (non-hydrogen) atoms. The lowest BCUT2D eigenvalue weighted by atomic mass is 9.92. The van der Waals surface area contributed by atoms with E-state index in [0.29, 0.717) is 17.0 Å². The van der Waals surface area contributed by atoms with Crippen LogP contribution in [0, 0.1) is 0 Å². The molecule has 0 unspecified atom stereocenters. The summed E-state index contributed by atoms with van der Waals surface area (Å²) in [6.45, 7) is 0. The van der Waals surface area contributed by atoms with E-state index in [0.717, 1.165) is 25.7 Å². The van der Waals surface area contributed by atoms with E-state index in [2.05, 4.69) is 5.32 Å². The molecule has 0 spiro atoms. The van der Waals surface area contributed by atoms with Gasteiger partial charge >= 0.3 is 0 Å². The fraction of sp³-hybridized carbons (Fsp3) is 0.500. The lowest BCUT2D eigenvalue weighted by Crippen LogP contribution is -2.45. The number of nitrogens with two attached hydrogens (primary N) is 1. The highest BCUT2D eigenvalue weighted by Gasteiger charge is 2.24. The Hall–Kier alpha value is -1.75. The number of carbonyl (C=O) groups excluding carboxylic acids is 1. The average molecular weight is 264 g/mol. The molecule has 0 bridgehead atoms. The highest BCUT2D eigenvalue weighted by atomic mass is 16.5. The Labute approximate surface area is 112 Å². The maximum absolute atomic E-state index is 12.1. The second-order valence-corrected chi connectivity index (χ2v) is 4.89. The van der Waals surface area contributed by atoms with Gasteiger partial charge in [-0.2, -0.15) is 0 Å². The Morgan fingerprint density at radius 1 is 1.42 bits per heavy atom. The Balaban J connectivity index is 2.07. The van der Waals surface area contributed by atoms with Gasteiger partial charge in [0.05, 0.1) is 24.9 Å². The van der Waals surface area contributed by atoms with Gasteiger partial charge in [-0.05, 0) is 31.0 Å². The zero-order valence-electron chi connectivity index (χ0n) is 11.1. The van der Waals surface area contributed by atoms with Gasteiger partial charge in [0.25, 0.3) is 5.91 Å². The number of ether oxygens (including phenoxy) is 1. The monoisotopic (exact) mass is 264 g/mol. The van der Waals surface area contributed by atoms with Crippen molar-refractivity contribution in [2.45, 2.75) is 37.8 Å². The highest BCUT2D eigenvalue weighted by Crippen LogP contribution is 2.23. The van der Waals surface area contributed by atoms with E-state index in [1.54, 1.807) is 18.2 Å². The molecule has 1 fully saturated rings. The molecule has 0 aliphatic heterocycles. The van der Waals surface area contributed by atoms with Crippen molar-refractivity contribution in [1.29, 1.82) is 0 Å². The zero-order chi connectivity index (χ0) is 13.8. The largest absolute Gasteiger partial charge is 0.495 e. The molecule has 5 heteroatoms. The molecule has 5 nitrogen and oxygen atoms in total. The first-order valence-corrected chi connectivity index (χ1v) is 6.54. The fourth-order valence-electron chi connectivity index (χ4n) is 2.38. The third-order valence-corrected chi connectivity index (χ3v) is 3.54. The zero-order valence-corrected chi connectivity index (χ0v) is 11.1. The number of anilines is 1. The fourth-order valence-corrected chi connectivity index (χ4v) is 2.38. The van der Waals surface area contributed by atoms with Gasteiger partial charge in [-0.3, -0.25) is 4.79 Å². The van der Waals surface area contributed by atoms with E-state index in [1.165, 1.54) is 7.11 Å². The number of rotatable bonds is 3. The molecule has 0 aromatic heterocycles. The van der Waals surface area contributed by atoms with Crippen LogP contribution in [0.2, 0.25) is 0 Å². The lowest BCUT2D eigenvalue weighted by Gasteiger charge is -2.28. The molecular formula is C14H20N2O3. The maximum atomic E-state index is 12.1. The summed E-state index contributed by atoms with van der Waals surface area (Å²) in [7, 11) is 1.51. The number of hydrogen-bond acceptors (Lipinski definition) is 4. The van der Waals surface area contributed by atoms with Crippen molar-refractivity contribution in [2.75, 3.05) is 12.8 Å². The van der Waals surface area contributed by atoms with Crippen molar-refractivity contribution in [3.8, 4) is 5.75 Å². The van der Waals surface area contributed by atoms with Gasteiger partial charge in [0.2, 0.25) is 0 Å². The van der Waals surface area contributed by atoms with Crippen LogP contribution in [0.1, 0.15) is 36.0 Å². The van der Waals surface area contributed by atoms with Crippen LogP contribution in [0.3, 0.4) is 0 Å². The molecule has 1 amide bonds. The summed E-state index contributed by atoms with van der Waals surface area (Å²) in [6, 6.07) is 4.75. The SMILES string of the molecule is COc1cc(C(=O)N[C@H]2CCCC[C@@H]2O)ccc1N. The maximum Gasteiger partial charge on any atom is 0.251 e. The van der Waals surface area contributed by atoms with Crippen LogP contribution < -0.4 is 15.8 Å². The number of nitrogen functional groups attached to an aromatic ring is 1. The summed E-state index contributed by atoms with van der Waals surface area (Å²) in [4.78, 5) is 12.1. The van der Waals surface area contributed by atoms with Gasteiger partial charge in [-0.1, -0.05) is 12.8 Å². The minimum Gasteiger partial charge on any atom is -0.495 e. The van der Waals surface area contributed by atoms with Crippen LogP contribution in [0.15, 0.2) is 18.2 Å². The first-order chi connectivity index (χ1) is 9.11. The normalized spacial score (nSPS) is 22.8. The number of aliphatic hydroxyl groups is 1. The van der Waals surface area contributed by atoms with Gasteiger partial charge in [0, 0.05) is 5.56 Å². The van der Waals surface area contributed by atoms with E-state index < -0.39 is 6.10 Å². The molecule has 1 aliphatic carbocycles. The van der Waals surface area contributed by atoms with Gasteiger partial charge in [0.1, 0.15) is 5.75 Å². The Bertz CT molecular complexity index is 462. The number of carbonyl (C=O) groups is 1. The summed E-state index contributed by atoms with van der Waals surface area (Å²) >= 11 is 0. The second kappa shape index (κ2) is 5.93. The van der Waals surface area contributed by atoms with E-state index >= 15 is 0 Å². The number of aliphatic hydroxyl groups excluding tert-OH is 1. The van der Waals surface area contributed by atoms with E-state index in [-0.39, 0.29) is 11.9 Å². The molecule has 2 atom stereocenters. The van der Waals surface area contributed by atoms with Crippen LogP contribution in [0.25, 0.3) is 0 Å². The van der Waals surface area contributed by atoms with Crippen molar-refractivity contribution in [1.82, 2.24) is 5.32 Å². The predicted molar refractivity (Wildman–Crippen MR) is 73.1 cm³/mol. The van der Waals surface area contributed by atoms with Gasteiger partial charge in [-0.15, -0.1) is 0 Å². The molecule has 0 heterocycles. The van der Waals surface area contributed by atoms with Gasteiger partial charge in [0.15, 0.2) is 0 Å². The quantitative estimate of drug-likeness (QED) is 0.719. The predicted octanol–water partition coefficient (Wildman–Crippen LogP) is 1.31. The number of methoxy groups -OCH3 is 1. The van der Waals surface area contributed by atoms with Crippen molar-refractivity contribution in [2.24, 2.45) is 0 Å². The molecular weight excluding hydrogens is 244 g/mol. The summed E-state index contributed by atoms with van der Waals surface area (Å²) in [5.74, 6) is 0.279. The van der Waals surface area contributed by atoms with Gasteiger partial charge < -0.3 is 20.9 Å². The number of amides is 1. The Kier molecular flexibility index (Phi) is 4.27. The minimum atomic E-state index is -0.451. The van der Waals surface area contributed by atoms with Crippen LogP contribution in [-0.2, 0) is 0 Å². The molecule has 0 saturated heterocycles. The number of nitrogens with one attached hydrogen (secondary N) is 1. The van der Waals surface area contributed by atoms with Crippen LogP contribution >= 0.6 is 0 Å². The summed E-state index contributed by atoms with van der Waals surface area (Å²) in [5.41, 5.74) is 6.70. The number of hydrogen-bond donors (Lipinski definition) is 3. The van der Waals surface area contributed by atoms with Crippen molar-refractivity contribution in [3.05, 3.63) is 23.8 Å². The van der Waals surface area contributed by atoms with Crippen LogP contribution in [-0.4, -0.2) is 30.3 Å². The molecule has 1 saturated carbocycles. The minimum absolute atomic E-state index is 0.162. The van der Waals surface area contributed by atoms with Crippen LogP contribution in [0.5, 0.6) is 5.75 Å².